The van der Waals surface area contributed by atoms with Crippen molar-refractivity contribution in [2.45, 2.75) is 26.7 Å². The molecule has 1 unspecified atom stereocenters. The van der Waals surface area contributed by atoms with Gasteiger partial charge in [-0.3, -0.25) is 0 Å². The molecule has 0 heteroatoms. The van der Waals surface area contributed by atoms with Crippen molar-refractivity contribution in [2.24, 2.45) is 0 Å². The van der Waals surface area contributed by atoms with E-state index in [2.05, 4.69) is 38.0 Å². The van der Waals surface area contributed by atoms with Gasteiger partial charge in [0.1, 0.15) is 0 Å². The highest BCUT2D eigenvalue weighted by Crippen LogP contribution is 2.17. The minimum absolute atomic E-state index is 0.115. The molecule has 1 aromatic carbocycles. The van der Waals surface area contributed by atoms with E-state index in [-0.39, 0.29) is 5.92 Å². The average molecular weight is 157 g/mol. The predicted molar refractivity (Wildman–Crippen MR) is 51.5 cm³/mol. The van der Waals surface area contributed by atoms with Crippen molar-refractivity contribution in [3.63, 3.8) is 0 Å². The third-order valence-electron chi connectivity index (χ3n) is 2.25. The second kappa shape index (κ2) is 3.45. The Hall–Kier alpha value is -1.22. The van der Waals surface area contributed by atoms with E-state index in [1.165, 1.54) is 16.7 Å². The molecular weight excluding hydrogens is 144 g/mol. The van der Waals surface area contributed by atoms with Gasteiger partial charge in [0.05, 0.1) is 0 Å². The molecule has 1 radical (unpaired) electrons. The second-order valence-corrected chi connectivity index (χ2v) is 3.21. The Morgan fingerprint density at radius 3 is 2.42 bits per heavy atom. The summed E-state index contributed by atoms with van der Waals surface area (Å²) in [6.07, 6.45) is 7.02. The second-order valence-electron chi connectivity index (χ2n) is 3.21. The largest absolute Gasteiger partial charge is 0.0812 e. The van der Waals surface area contributed by atoms with Crippen LogP contribution in [0.5, 0.6) is 0 Å². The summed E-state index contributed by atoms with van der Waals surface area (Å²) < 4.78 is 0. The summed E-state index contributed by atoms with van der Waals surface area (Å²) in [5.41, 5.74) is 3.76. The highest BCUT2D eigenvalue weighted by atomic mass is 14.1. The van der Waals surface area contributed by atoms with Gasteiger partial charge in [0.25, 0.3) is 0 Å². The quantitative estimate of drug-likeness (QED) is 0.550. The van der Waals surface area contributed by atoms with Crippen LogP contribution in [0.4, 0.5) is 0 Å². The number of rotatable bonds is 1. The minimum Gasteiger partial charge on any atom is -0.0812 e. The fourth-order valence-corrected chi connectivity index (χ4v) is 1.12. The van der Waals surface area contributed by atoms with E-state index in [1.54, 1.807) is 0 Å². The lowest BCUT2D eigenvalue weighted by molar-refractivity contribution is 0.997. The zero-order valence-electron chi connectivity index (χ0n) is 7.81. The van der Waals surface area contributed by atoms with E-state index in [1.807, 2.05) is 6.92 Å². The average Bonchev–Trinajstić information content (AvgIpc) is 2.08. The third-order valence-corrected chi connectivity index (χ3v) is 2.25. The molecule has 1 aromatic rings. The van der Waals surface area contributed by atoms with Gasteiger partial charge in [-0.05, 0) is 43.9 Å². The molecule has 1 rings (SSSR count). The number of hydrogen-bond donors (Lipinski definition) is 0. The van der Waals surface area contributed by atoms with Crippen molar-refractivity contribution in [2.75, 3.05) is 0 Å². The zero-order valence-corrected chi connectivity index (χ0v) is 7.81. The smallest absolute Gasteiger partial charge is 0.0434 e. The molecule has 0 saturated carbocycles. The molecule has 0 aliphatic rings. The van der Waals surface area contributed by atoms with Gasteiger partial charge < -0.3 is 0 Å². The van der Waals surface area contributed by atoms with Crippen LogP contribution in [0, 0.1) is 26.2 Å². The Bertz CT molecular complexity index is 315. The van der Waals surface area contributed by atoms with E-state index >= 15 is 0 Å². The van der Waals surface area contributed by atoms with Gasteiger partial charge >= 0.3 is 0 Å². The summed E-state index contributed by atoms with van der Waals surface area (Å²) in [4.78, 5) is 0. The Kier molecular flexibility index (Phi) is 2.55. The monoisotopic (exact) mass is 157 g/mol. The molecule has 0 aliphatic carbocycles. The van der Waals surface area contributed by atoms with Gasteiger partial charge in [0, 0.05) is 5.92 Å². The lowest BCUT2D eigenvalue weighted by Gasteiger charge is -2.06. The van der Waals surface area contributed by atoms with Crippen molar-refractivity contribution >= 4 is 0 Å². The van der Waals surface area contributed by atoms with Crippen LogP contribution in [0.2, 0.25) is 0 Å². The van der Waals surface area contributed by atoms with Gasteiger partial charge in [-0.1, -0.05) is 24.1 Å². The van der Waals surface area contributed by atoms with Crippen LogP contribution >= 0.6 is 0 Å². The number of hydrogen-bond acceptors (Lipinski definition) is 0. The van der Waals surface area contributed by atoms with E-state index in [4.69, 9.17) is 6.42 Å². The number of aryl methyl sites for hydroxylation is 2. The summed E-state index contributed by atoms with van der Waals surface area (Å²) in [6, 6.07) is 6.29. The van der Waals surface area contributed by atoms with Crippen molar-refractivity contribution in [3.8, 4) is 5.92 Å². The lowest BCUT2D eigenvalue weighted by Crippen LogP contribution is -1.91. The van der Waals surface area contributed by atoms with Crippen molar-refractivity contribution in [1.82, 2.24) is 0 Å². The molecule has 0 nitrogen and oxygen atoms in total. The van der Waals surface area contributed by atoms with E-state index in [0.29, 0.717) is 0 Å². The molecular formula is C12H13. The first-order valence-electron chi connectivity index (χ1n) is 4.14. The molecule has 0 aliphatic heterocycles. The molecule has 1 atom stereocenters. The molecule has 0 bridgehead atoms. The molecule has 0 saturated heterocycles. The predicted octanol–water partition coefficient (Wildman–Crippen LogP) is 3.00. The fraction of sp³-hybridized carbons (Fsp3) is 0.333. The normalized spacial score (nSPS) is 12.2. The van der Waals surface area contributed by atoms with Crippen LogP contribution in [0.25, 0.3) is 0 Å². The maximum Gasteiger partial charge on any atom is 0.0434 e. The van der Waals surface area contributed by atoms with E-state index < -0.39 is 0 Å². The molecule has 0 aromatic heterocycles. The van der Waals surface area contributed by atoms with Gasteiger partial charge in [-0.25, -0.2) is 0 Å². The molecule has 61 valence electrons. The first-order chi connectivity index (χ1) is 5.65. The summed E-state index contributed by atoms with van der Waals surface area (Å²) >= 11 is 0. The molecule has 0 heterocycles. The van der Waals surface area contributed by atoms with Crippen LogP contribution in [0.15, 0.2) is 18.2 Å². The molecule has 0 amide bonds. The number of benzene rings is 1. The maximum absolute atomic E-state index is 7.02. The highest BCUT2D eigenvalue weighted by molar-refractivity contribution is 5.33. The van der Waals surface area contributed by atoms with Gasteiger partial charge in [-0.2, -0.15) is 0 Å². The lowest BCUT2D eigenvalue weighted by atomic mass is 9.98. The Morgan fingerprint density at radius 2 is 1.92 bits per heavy atom. The first kappa shape index (κ1) is 8.87. The summed E-state index contributed by atoms with van der Waals surface area (Å²) in [5, 5.41) is 0. The van der Waals surface area contributed by atoms with Crippen molar-refractivity contribution < 1.29 is 0 Å². The summed E-state index contributed by atoms with van der Waals surface area (Å²) in [6.45, 7) is 6.17. The maximum atomic E-state index is 7.02. The van der Waals surface area contributed by atoms with Crippen LogP contribution < -0.4 is 0 Å². The Labute approximate surface area is 74.6 Å². The SMILES string of the molecule is [C]#CC(C)c1ccc(C)c(C)c1. The Morgan fingerprint density at radius 1 is 1.25 bits per heavy atom. The van der Waals surface area contributed by atoms with E-state index in [0.717, 1.165) is 0 Å². The van der Waals surface area contributed by atoms with Crippen LogP contribution in [0.1, 0.15) is 29.5 Å². The fourth-order valence-electron chi connectivity index (χ4n) is 1.12. The third kappa shape index (κ3) is 1.68. The molecule has 0 spiro atoms. The summed E-state index contributed by atoms with van der Waals surface area (Å²) in [5.74, 6) is 2.59. The minimum atomic E-state index is 0.115. The molecule has 0 fully saturated rings. The topological polar surface area (TPSA) is 0 Å². The molecule has 0 N–H and O–H groups in total. The van der Waals surface area contributed by atoms with E-state index in [9.17, 15) is 0 Å². The molecule has 12 heavy (non-hydrogen) atoms. The standard InChI is InChI=1S/C12H13/c1-5-9(2)12-7-6-10(3)11(4)8-12/h6-9H,2-4H3. The van der Waals surface area contributed by atoms with Crippen LogP contribution in [-0.2, 0) is 0 Å². The van der Waals surface area contributed by atoms with Crippen molar-refractivity contribution in [1.29, 1.82) is 0 Å². The van der Waals surface area contributed by atoms with Gasteiger partial charge in [-0.15, -0.1) is 0 Å². The van der Waals surface area contributed by atoms with Gasteiger partial charge in [0.15, 0.2) is 0 Å². The van der Waals surface area contributed by atoms with Gasteiger partial charge in [0.2, 0.25) is 0 Å². The zero-order chi connectivity index (χ0) is 9.14. The van der Waals surface area contributed by atoms with Crippen molar-refractivity contribution in [3.05, 3.63) is 41.3 Å². The highest BCUT2D eigenvalue weighted by Gasteiger charge is 2.01. The Balaban J connectivity index is 3.06. The first-order valence-corrected chi connectivity index (χ1v) is 4.14. The summed E-state index contributed by atoms with van der Waals surface area (Å²) in [7, 11) is 0. The van der Waals surface area contributed by atoms with Crippen LogP contribution in [-0.4, -0.2) is 0 Å². The van der Waals surface area contributed by atoms with Crippen LogP contribution in [0.3, 0.4) is 0 Å².